The van der Waals surface area contributed by atoms with Gasteiger partial charge in [0.05, 0.1) is 0 Å². The lowest BCUT2D eigenvalue weighted by atomic mass is 10.0. The van der Waals surface area contributed by atoms with Crippen molar-refractivity contribution in [3.05, 3.63) is 36.2 Å². The minimum atomic E-state index is 0. The van der Waals surface area contributed by atoms with Gasteiger partial charge in [0.15, 0.2) is 11.8 Å². The lowest BCUT2D eigenvalue weighted by Gasteiger charge is -2.18. The fourth-order valence-electron chi connectivity index (χ4n) is 2.69. The van der Waals surface area contributed by atoms with Crippen LogP contribution in [0.3, 0.4) is 0 Å². The predicted octanol–water partition coefficient (Wildman–Crippen LogP) is 3.97. The molecule has 0 amide bonds. The molecule has 0 radical (unpaired) electrons. The lowest BCUT2D eigenvalue weighted by molar-refractivity contribution is 0.491. The van der Waals surface area contributed by atoms with Crippen LogP contribution in [0.1, 0.15) is 45.6 Å². The Morgan fingerprint density at radius 3 is 2.69 bits per heavy atom. The Morgan fingerprint density at radius 1 is 1.23 bits per heavy atom. The molecule has 0 aliphatic rings. The van der Waals surface area contributed by atoms with Gasteiger partial charge in [-0.1, -0.05) is 44.9 Å². The van der Waals surface area contributed by atoms with Crippen LogP contribution in [-0.2, 0) is 6.54 Å². The van der Waals surface area contributed by atoms with Crippen LogP contribution in [0.2, 0.25) is 0 Å². The monoisotopic (exact) mass is 470 g/mol. The second kappa shape index (κ2) is 11.9. The molecular formula is C19H31IN6. The number of hydrogen-bond donors (Lipinski definition) is 3. The number of rotatable bonds is 8. The summed E-state index contributed by atoms with van der Waals surface area (Å²) in [5.74, 6) is 2.38. The molecule has 0 saturated carbocycles. The summed E-state index contributed by atoms with van der Waals surface area (Å²) in [6.07, 6.45) is 5.18. The van der Waals surface area contributed by atoms with E-state index < -0.39 is 0 Å². The van der Waals surface area contributed by atoms with E-state index in [1.807, 2.05) is 12.1 Å². The number of guanidine groups is 1. The van der Waals surface area contributed by atoms with Crippen LogP contribution in [-0.4, -0.2) is 34.2 Å². The number of aliphatic imine (C=N–C) groups is 1. The van der Waals surface area contributed by atoms with Gasteiger partial charge in [-0.05, 0) is 30.9 Å². The van der Waals surface area contributed by atoms with Crippen LogP contribution in [0.5, 0.6) is 0 Å². The third-order valence-electron chi connectivity index (χ3n) is 4.10. The number of aromatic amines is 1. The van der Waals surface area contributed by atoms with E-state index in [9.17, 15) is 0 Å². The van der Waals surface area contributed by atoms with Crippen molar-refractivity contribution in [2.75, 3.05) is 7.05 Å². The van der Waals surface area contributed by atoms with Crippen LogP contribution in [0.4, 0.5) is 0 Å². The first-order valence-corrected chi connectivity index (χ1v) is 9.00. The SMILES string of the molecule is CN=C(NCc1cccc(-c2ncn[nH]2)c1)NC(C)CCCC(C)C.I. The van der Waals surface area contributed by atoms with Gasteiger partial charge in [-0.15, -0.1) is 24.0 Å². The van der Waals surface area contributed by atoms with Crippen molar-refractivity contribution in [1.29, 1.82) is 0 Å². The standard InChI is InChI=1S/C19H30N6.HI/c1-14(2)7-5-8-15(3)24-19(20-4)21-12-16-9-6-10-17(11-16)18-22-13-23-25-18;/h6,9-11,13-15H,5,7-8,12H2,1-4H3,(H2,20,21,24)(H,22,23,25);1H. The van der Waals surface area contributed by atoms with Crippen molar-refractivity contribution in [1.82, 2.24) is 25.8 Å². The molecule has 2 rings (SSSR count). The largest absolute Gasteiger partial charge is 0.354 e. The molecule has 1 heterocycles. The van der Waals surface area contributed by atoms with E-state index in [2.05, 4.69) is 63.7 Å². The first-order valence-electron chi connectivity index (χ1n) is 9.00. The number of H-pyrrole nitrogens is 1. The van der Waals surface area contributed by atoms with Crippen LogP contribution in [0.15, 0.2) is 35.6 Å². The summed E-state index contributed by atoms with van der Waals surface area (Å²) in [6, 6.07) is 8.65. The summed E-state index contributed by atoms with van der Waals surface area (Å²) in [5.41, 5.74) is 2.20. The smallest absolute Gasteiger partial charge is 0.191 e. The molecule has 0 aliphatic carbocycles. The molecule has 0 spiro atoms. The fraction of sp³-hybridized carbons (Fsp3) is 0.526. The minimum Gasteiger partial charge on any atom is -0.354 e. The highest BCUT2D eigenvalue weighted by atomic mass is 127. The number of benzene rings is 1. The quantitative estimate of drug-likeness (QED) is 0.310. The van der Waals surface area contributed by atoms with E-state index in [4.69, 9.17) is 0 Å². The Balaban J connectivity index is 0.00000338. The molecule has 26 heavy (non-hydrogen) atoms. The van der Waals surface area contributed by atoms with Gasteiger partial charge in [-0.2, -0.15) is 5.10 Å². The van der Waals surface area contributed by atoms with Crippen LogP contribution >= 0.6 is 24.0 Å². The average Bonchev–Trinajstić information content (AvgIpc) is 3.13. The van der Waals surface area contributed by atoms with Crippen molar-refractivity contribution in [3.8, 4) is 11.4 Å². The molecule has 0 bridgehead atoms. The number of aromatic nitrogens is 3. The van der Waals surface area contributed by atoms with Crippen molar-refractivity contribution < 1.29 is 0 Å². The lowest BCUT2D eigenvalue weighted by Crippen LogP contribution is -2.41. The Morgan fingerprint density at radius 2 is 2.04 bits per heavy atom. The van der Waals surface area contributed by atoms with Gasteiger partial charge in [0.1, 0.15) is 6.33 Å². The van der Waals surface area contributed by atoms with Gasteiger partial charge in [0, 0.05) is 25.2 Å². The fourth-order valence-corrected chi connectivity index (χ4v) is 2.69. The van der Waals surface area contributed by atoms with Gasteiger partial charge in [0.2, 0.25) is 0 Å². The summed E-state index contributed by atoms with van der Waals surface area (Å²) in [6.45, 7) is 7.45. The molecule has 3 N–H and O–H groups in total. The topological polar surface area (TPSA) is 78.0 Å². The van der Waals surface area contributed by atoms with E-state index >= 15 is 0 Å². The number of hydrogen-bond acceptors (Lipinski definition) is 3. The Labute approximate surface area is 173 Å². The number of nitrogens with one attached hydrogen (secondary N) is 3. The van der Waals surface area contributed by atoms with E-state index in [1.54, 1.807) is 7.05 Å². The molecule has 1 aromatic heterocycles. The third-order valence-corrected chi connectivity index (χ3v) is 4.10. The summed E-state index contributed by atoms with van der Waals surface area (Å²) < 4.78 is 0. The average molecular weight is 470 g/mol. The second-order valence-corrected chi connectivity index (χ2v) is 6.83. The molecule has 1 unspecified atom stereocenters. The zero-order chi connectivity index (χ0) is 18.1. The summed E-state index contributed by atoms with van der Waals surface area (Å²) >= 11 is 0. The molecule has 7 heteroatoms. The maximum atomic E-state index is 4.32. The van der Waals surface area contributed by atoms with Crippen molar-refractivity contribution >= 4 is 29.9 Å². The molecule has 2 aromatic rings. The molecule has 6 nitrogen and oxygen atoms in total. The minimum absolute atomic E-state index is 0. The Kier molecular flexibility index (Phi) is 10.2. The molecule has 1 atom stereocenters. The van der Waals surface area contributed by atoms with Crippen LogP contribution in [0, 0.1) is 5.92 Å². The first-order chi connectivity index (χ1) is 12.1. The highest BCUT2D eigenvalue weighted by molar-refractivity contribution is 14.0. The maximum absolute atomic E-state index is 4.32. The van der Waals surface area contributed by atoms with E-state index in [-0.39, 0.29) is 24.0 Å². The van der Waals surface area contributed by atoms with Crippen molar-refractivity contribution in [2.24, 2.45) is 10.9 Å². The summed E-state index contributed by atoms with van der Waals surface area (Å²) in [4.78, 5) is 8.52. The normalized spacial score (nSPS) is 12.6. The molecule has 0 fully saturated rings. The van der Waals surface area contributed by atoms with Gasteiger partial charge >= 0.3 is 0 Å². The van der Waals surface area contributed by atoms with Gasteiger partial charge < -0.3 is 10.6 Å². The van der Waals surface area contributed by atoms with Crippen molar-refractivity contribution in [2.45, 2.75) is 52.6 Å². The Hall–Kier alpha value is -1.64. The highest BCUT2D eigenvalue weighted by Gasteiger charge is 2.07. The summed E-state index contributed by atoms with van der Waals surface area (Å²) in [5, 5.41) is 13.6. The third kappa shape index (κ3) is 7.72. The molecule has 144 valence electrons. The van der Waals surface area contributed by atoms with Crippen LogP contribution in [0.25, 0.3) is 11.4 Å². The Bertz CT molecular complexity index is 654. The van der Waals surface area contributed by atoms with Gasteiger partial charge in [0.25, 0.3) is 0 Å². The zero-order valence-corrected chi connectivity index (χ0v) is 18.5. The van der Waals surface area contributed by atoms with E-state index in [0.29, 0.717) is 12.6 Å². The first kappa shape index (κ1) is 22.4. The van der Waals surface area contributed by atoms with E-state index in [0.717, 1.165) is 29.7 Å². The molecular weight excluding hydrogens is 439 g/mol. The number of halogens is 1. The molecule has 0 aliphatic heterocycles. The molecule has 0 saturated heterocycles. The van der Waals surface area contributed by atoms with Crippen LogP contribution < -0.4 is 10.6 Å². The summed E-state index contributed by atoms with van der Waals surface area (Å²) in [7, 11) is 1.81. The van der Waals surface area contributed by atoms with Gasteiger partial charge in [-0.25, -0.2) is 4.98 Å². The maximum Gasteiger partial charge on any atom is 0.191 e. The highest BCUT2D eigenvalue weighted by Crippen LogP contribution is 2.15. The zero-order valence-electron chi connectivity index (χ0n) is 16.1. The van der Waals surface area contributed by atoms with Gasteiger partial charge in [-0.3, -0.25) is 10.1 Å². The predicted molar refractivity (Wildman–Crippen MR) is 119 cm³/mol. The second-order valence-electron chi connectivity index (χ2n) is 6.83. The number of nitrogens with zero attached hydrogens (tertiary/aromatic N) is 3. The molecule has 1 aromatic carbocycles. The van der Waals surface area contributed by atoms with Crippen molar-refractivity contribution in [3.63, 3.8) is 0 Å². The van der Waals surface area contributed by atoms with E-state index in [1.165, 1.54) is 24.7 Å².